The molecule has 1 aromatic rings. The number of anilines is 1. The minimum absolute atomic E-state index is 0.209. The SMILES string of the molecule is C=C/C(=C\C=C\NCc1ccc(N2CCC(OCC)C2)c(/C(=C/N)C(C)=NC)c1)OC(F)(P)Cl.CC.CO. The van der Waals surface area contributed by atoms with Crippen LogP contribution in [0.5, 0.6) is 0 Å². The van der Waals surface area contributed by atoms with E-state index in [0.717, 1.165) is 54.7 Å². The molecule has 0 aromatic heterocycles. The van der Waals surface area contributed by atoms with Crippen molar-refractivity contribution >= 4 is 37.8 Å². The molecule has 7 nitrogen and oxygen atoms in total. The number of rotatable bonds is 12. The summed E-state index contributed by atoms with van der Waals surface area (Å²) in [7, 11) is 4.52. The summed E-state index contributed by atoms with van der Waals surface area (Å²) >= 11 is 5.41. The summed E-state index contributed by atoms with van der Waals surface area (Å²) in [5, 5.41) is 7.85. The molecule has 0 radical (unpaired) electrons. The number of halogens is 2. The van der Waals surface area contributed by atoms with Crippen molar-refractivity contribution in [1.29, 1.82) is 0 Å². The van der Waals surface area contributed by atoms with E-state index in [-0.39, 0.29) is 11.9 Å². The number of alkyl halides is 2. The van der Waals surface area contributed by atoms with Gasteiger partial charge >= 0.3 is 5.06 Å². The Balaban J connectivity index is 0.00000326. The van der Waals surface area contributed by atoms with E-state index in [1.165, 1.54) is 6.08 Å². The largest absolute Gasteiger partial charge is 0.442 e. The lowest BCUT2D eigenvalue weighted by molar-refractivity contribution is 0.0496. The number of allylic oxidation sites excluding steroid dienone is 4. The summed E-state index contributed by atoms with van der Waals surface area (Å²) in [5.74, 6) is 0.209. The molecule has 3 unspecified atom stereocenters. The molecular weight excluding hydrogens is 526 g/mol. The number of hydrogen-bond donors (Lipinski definition) is 3. The Hall–Kier alpha value is -2.38. The third-order valence-corrected chi connectivity index (χ3v) is 5.56. The fourth-order valence-corrected chi connectivity index (χ4v) is 3.94. The molecule has 38 heavy (non-hydrogen) atoms. The monoisotopic (exact) mass is 570 g/mol. The second-order valence-electron chi connectivity index (χ2n) is 7.73. The lowest BCUT2D eigenvalue weighted by atomic mass is 9.97. The predicted molar refractivity (Wildman–Crippen MR) is 164 cm³/mol. The Bertz CT molecular complexity index is 962. The van der Waals surface area contributed by atoms with E-state index in [2.05, 4.69) is 40.0 Å². The molecule has 1 heterocycles. The molecule has 1 saturated heterocycles. The molecule has 0 saturated carbocycles. The van der Waals surface area contributed by atoms with Gasteiger partial charge in [0.25, 0.3) is 0 Å². The second kappa shape index (κ2) is 19.7. The third kappa shape index (κ3) is 12.4. The normalized spacial score (nSPS) is 17.7. The lowest BCUT2D eigenvalue weighted by Crippen LogP contribution is -2.24. The van der Waals surface area contributed by atoms with Crippen LogP contribution in [0.25, 0.3) is 5.57 Å². The molecular formula is C28H45ClFN4O3P. The maximum absolute atomic E-state index is 13.4. The van der Waals surface area contributed by atoms with E-state index in [4.69, 9.17) is 31.9 Å². The summed E-state index contributed by atoms with van der Waals surface area (Å²) in [6.07, 6.45) is 9.22. The highest BCUT2D eigenvalue weighted by atomic mass is 35.5. The minimum Gasteiger partial charge on any atom is -0.442 e. The zero-order valence-electron chi connectivity index (χ0n) is 23.5. The van der Waals surface area contributed by atoms with Crippen LogP contribution in [0.1, 0.15) is 45.2 Å². The van der Waals surface area contributed by atoms with Crippen molar-refractivity contribution in [3.8, 4) is 0 Å². The highest BCUT2D eigenvalue weighted by molar-refractivity contribution is 7.21. The molecule has 1 aliphatic heterocycles. The first-order valence-corrected chi connectivity index (χ1v) is 13.6. The average molecular weight is 571 g/mol. The van der Waals surface area contributed by atoms with Crippen molar-refractivity contribution in [2.24, 2.45) is 10.7 Å². The molecule has 4 N–H and O–H groups in total. The summed E-state index contributed by atoms with van der Waals surface area (Å²) < 4.78 is 24.1. The third-order valence-electron chi connectivity index (χ3n) is 5.37. The maximum Gasteiger partial charge on any atom is 0.338 e. The molecule has 0 aliphatic carbocycles. The number of aliphatic imine (C=N–C) groups is 1. The van der Waals surface area contributed by atoms with E-state index in [1.54, 1.807) is 40.8 Å². The Morgan fingerprint density at radius 2 is 2.11 bits per heavy atom. The molecule has 1 aliphatic rings. The Kier molecular flexibility index (Phi) is 18.4. The first kappa shape index (κ1) is 35.6. The molecule has 2 rings (SSSR count). The number of hydrogen-bond acceptors (Lipinski definition) is 7. The van der Waals surface area contributed by atoms with Gasteiger partial charge < -0.3 is 30.5 Å². The fraction of sp³-hybridized carbons (Fsp3) is 0.464. The summed E-state index contributed by atoms with van der Waals surface area (Å²) in [5.41, 5.74) is 11.0. The van der Waals surface area contributed by atoms with E-state index in [0.29, 0.717) is 13.2 Å². The lowest BCUT2D eigenvalue weighted by Gasteiger charge is -2.24. The van der Waals surface area contributed by atoms with Gasteiger partial charge in [-0.25, -0.2) is 0 Å². The van der Waals surface area contributed by atoms with Gasteiger partial charge in [-0.05, 0) is 83.2 Å². The Morgan fingerprint density at radius 1 is 1.42 bits per heavy atom. The molecule has 1 fully saturated rings. The molecule has 1 aromatic carbocycles. The Labute approximate surface area is 235 Å². The van der Waals surface area contributed by atoms with Crippen LogP contribution in [-0.4, -0.2) is 55.8 Å². The van der Waals surface area contributed by atoms with E-state index >= 15 is 0 Å². The van der Waals surface area contributed by atoms with Crippen molar-refractivity contribution in [3.63, 3.8) is 0 Å². The van der Waals surface area contributed by atoms with Gasteiger partial charge in [-0.3, -0.25) is 4.99 Å². The van der Waals surface area contributed by atoms with Crippen molar-refractivity contribution in [3.05, 3.63) is 72.3 Å². The van der Waals surface area contributed by atoms with Gasteiger partial charge in [-0.2, -0.15) is 4.39 Å². The maximum atomic E-state index is 13.4. The topological polar surface area (TPSA) is 92.3 Å². The zero-order chi connectivity index (χ0) is 29.1. The van der Waals surface area contributed by atoms with Crippen LogP contribution in [-0.2, 0) is 16.0 Å². The quantitative estimate of drug-likeness (QED) is 0.0980. The number of nitrogens with one attached hydrogen (secondary N) is 1. The molecule has 0 bridgehead atoms. The van der Waals surface area contributed by atoms with Crippen LogP contribution in [0.4, 0.5) is 10.1 Å². The van der Waals surface area contributed by atoms with Crippen LogP contribution in [0.3, 0.4) is 0 Å². The summed E-state index contributed by atoms with van der Waals surface area (Å²) in [6.45, 7) is 14.6. The van der Waals surface area contributed by atoms with Gasteiger partial charge in [-0.15, -0.1) is 0 Å². The van der Waals surface area contributed by atoms with Crippen molar-refractivity contribution in [2.75, 3.05) is 38.8 Å². The first-order chi connectivity index (χ1) is 18.2. The van der Waals surface area contributed by atoms with Crippen LogP contribution < -0.4 is 16.0 Å². The van der Waals surface area contributed by atoms with Crippen LogP contribution >= 0.6 is 20.8 Å². The molecule has 3 atom stereocenters. The van der Waals surface area contributed by atoms with E-state index in [9.17, 15) is 4.39 Å². The average Bonchev–Trinajstić information content (AvgIpc) is 3.38. The fourth-order valence-electron chi connectivity index (χ4n) is 3.72. The van der Waals surface area contributed by atoms with E-state index < -0.39 is 5.06 Å². The van der Waals surface area contributed by atoms with Gasteiger partial charge in [0.15, 0.2) is 0 Å². The van der Waals surface area contributed by atoms with E-state index in [1.807, 2.05) is 27.7 Å². The Morgan fingerprint density at radius 3 is 2.66 bits per heavy atom. The molecule has 0 spiro atoms. The number of benzene rings is 1. The van der Waals surface area contributed by atoms with Crippen molar-refractivity contribution in [1.82, 2.24) is 5.32 Å². The predicted octanol–water partition coefficient (Wildman–Crippen LogP) is 5.71. The van der Waals surface area contributed by atoms with Gasteiger partial charge in [0.2, 0.25) is 0 Å². The van der Waals surface area contributed by atoms with Crippen molar-refractivity contribution < 1.29 is 19.0 Å². The van der Waals surface area contributed by atoms with Gasteiger partial charge in [0.05, 0.1) is 6.10 Å². The van der Waals surface area contributed by atoms with Crippen LogP contribution in [0.2, 0.25) is 0 Å². The van der Waals surface area contributed by atoms with Crippen molar-refractivity contribution in [2.45, 2.75) is 51.8 Å². The standard InChI is InChI=1S/C25H35ClFN4O2P.C2H6.CH4O/c1-5-20(33-25(26,27)34)8-7-12-30-16-19-9-10-24(31-13-11-21(17-31)32-6-2)22(14-19)23(15-28)18(3)29-4;2*1-2/h5,7-10,12,14-15,21,30H,1,6,11,13,16-17,28,34H2,2-4H3;1-2H3;2H,1H3/b12-7+,20-8+,23-15+,29-18?;;. The second-order valence-corrected chi connectivity index (χ2v) is 9.35. The summed E-state index contributed by atoms with van der Waals surface area (Å²) in [4.78, 5) is 6.69. The molecule has 10 heteroatoms. The highest BCUT2D eigenvalue weighted by Crippen LogP contribution is 2.32. The number of aliphatic hydroxyl groups excluding tert-OH is 1. The highest BCUT2D eigenvalue weighted by Gasteiger charge is 2.26. The van der Waals surface area contributed by atoms with Crippen LogP contribution in [0, 0.1) is 0 Å². The summed E-state index contributed by atoms with van der Waals surface area (Å²) in [6, 6.07) is 6.35. The smallest absolute Gasteiger partial charge is 0.338 e. The molecule has 0 amide bonds. The molecule has 214 valence electrons. The van der Waals surface area contributed by atoms with Gasteiger partial charge in [-0.1, -0.05) is 26.5 Å². The van der Waals surface area contributed by atoms with Gasteiger partial charge in [0, 0.05) is 69.1 Å². The van der Waals surface area contributed by atoms with Crippen LogP contribution in [0.15, 0.2) is 66.2 Å². The number of nitrogens with zero attached hydrogens (tertiary/aromatic N) is 2. The first-order valence-electron chi connectivity index (χ1n) is 12.6. The number of nitrogens with two attached hydrogens (primary N) is 1. The van der Waals surface area contributed by atoms with Gasteiger partial charge in [0.1, 0.15) is 5.76 Å². The zero-order valence-corrected chi connectivity index (χ0v) is 25.4. The number of aliphatic hydroxyl groups is 1. The number of ether oxygens (including phenoxy) is 2. The minimum atomic E-state index is -2.37.